The number of aromatic amines is 1. The fourth-order valence-corrected chi connectivity index (χ4v) is 3.43. The molecule has 1 saturated heterocycles. The minimum atomic E-state index is -0.298. The summed E-state index contributed by atoms with van der Waals surface area (Å²) in [7, 11) is 0. The molecule has 0 atom stereocenters. The number of aryl methyl sites for hydroxylation is 2. The third kappa shape index (κ3) is 4.93. The molecule has 0 aromatic carbocycles. The monoisotopic (exact) mass is 319 g/mol. The van der Waals surface area contributed by atoms with Crippen molar-refractivity contribution in [2.75, 3.05) is 26.2 Å². The number of amides is 1. The van der Waals surface area contributed by atoms with Crippen molar-refractivity contribution in [3.63, 3.8) is 0 Å². The number of nitrogens with one attached hydrogen (secondary N) is 2. The Morgan fingerprint density at radius 3 is 2.65 bits per heavy atom. The Balaban J connectivity index is 1.79. The van der Waals surface area contributed by atoms with Gasteiger partial charge in [-0.05, 0) is 76.7 Å². The minimum Gasteiger partial charge on any atom is -0.352 e. The number of nitrogens with zero attached hydrogens (tertiary/aromatic N) is 1. The Morgan fingerprint density at radius 1 is 1.35 bits per heavy atom. The average Bonchev–Trinajstić information content (AvgIpc) is 2.48. The molecule has 0 bridgehead atoms. The number of piperidine rings is 1. The van der Waals surface area contributed by atoms with E-state index in [9.17, 15) is 9.59 Å². The van der Waals surface area contributed by atoms with Gasteiger partial charge in [0.1, 0.15) is 5.56 Å². The van der Waals surface area contributed by atoms with Gasteiger partial charge in [-0.25, -0.2) is 0 Å². The molecular formula is C18H29N3O2. The zero-order chi connectivity index (χ0) is 16.8. The summed E-state index contributed by atoms with van der Waals surface area (Å²) in [5.74, 6) is 0.424. The highest BCUT2D eigenvalue weighted by Crippen LogP contribution is 2.20. The lowest BCUT2D eigenvalue weighted by Gasteiger charge is -2.31. The van der Waals surface area contributed by atoms with Crippen molar-refractivity contribution < 1.29 is 4.79 Å². The molecule has 2 rings (SSSR count). The molecule has 1 amide bonds. The molecule has 0 unspecified atom stereocenters. The first-order chi connectivity index (χ1) is 11.0. The number of hydrogen-bond donors (Lipinski definition) is 2. The number of pyridine rings is 1. The molecule has 128 valence electrons. The second kappa shape index (κ2) is 8.29. The summed E-state index contributed by atoms with van der Waals surface area (Å²) >= 11 is 0. The van der Waals surface area contributed by atoms with Crippen LogP contribution >= 0.6 is 0 Å². The Labute approximate surface area is 138 Å². The van der Waals surface area contributed by atoms with Crippen LogP contribution in [0, 0.1) is 19.8 Å². The number of likely N-dealkylation sites (tertiary alicyclic amines) is 1. The van der Waals surface area contributed by atoms with Crippen LogP contribution in [0.3, 0.4) is 0 Å². The smallest absolute Gasteiger partial charge is 0.261 e. The van der Waals surface area contributed by atoms with E-state index in [2.05, 4.69) is 22.1 Å². The maximum Gasteiger partial charge on any atom is 0.261 e. The van der Waals surface area contributed by atoms with E-state index in [4.69, 9.17) is 0 Å². The number of aromatic nitrogens is 1. The highest BCUT2D eigenvalue weighted by molar-refractivity contribution is 5.95. The lowest BCUT2D eigenvalue weighted by Crippen LogP contribution is -2.36. The van der Waals surface area contributed by atoms with Gasteiger partial charge in [0.05, 0.1) is 0 Å². The fourth-order valence-electron chi connectivity index (χ4n) is 3.43. The van der Waals surface area contributed by atoms with Crippen LogP contribution in [0.2, 0.25) is 0 Å². The van der Waals surface area contributed by atoms with E-state index in [1.807, 2.05) is 13.0 Å². The molecule has 1 aliphatic rings. The normalized spacial score (nSPS) is 16.5. The average molecular weight is 319 g/mol. The van der Waals surface area contributed by atoms with E-state index in [-0.39, 0.29) is 17.0 Å². The van der Waals surface area contributed by atoms with E-state index in [0.29, 0.717) is 12.5 Å². The molecule has 1 aromatic heterocycles. The van der Waals surface area contributed by atoms with Gasteiger partial charge in [0, 0.05) is 12.2 Å². The lowest BCUT2D eigenvalue weighted by molar-refractivity contribution is 0.0946. The quantitative estimate of drug-likeness (QED) is 0.845. The molecule has 0 radical (unpaired) electrons. The van der Waals surface area contributed by atoms with Gasteiger partial charge in [0.2, 0.25) is 0 Å². The Kier molecular flexibility index (Phi) is 6.39. The third-order valence-corrected chi connectivity index (χ3v) is 4.68. The molecule has 2 N–H and O–H groups in total. The van der Waals surface area contributed by atoms with Crippen molar-refractivity contribution in [1.29, 1.82) is 0 Å². The highest BCUT2D eigenvalue weighted by Gasteiger charge is 2.19. The summed E-state index contributed by atoms with van der Waals surface area (Å²) in [6.45, 7) is 10.0. The lowest BCUT2D eigenvalue weighted by atomic mass is 9.93. The number of hydrogen-bond acceptors (Lipinski definition) is 3. The summed E-state index contributed by atoms with van der Waals surface area (Å²) in [6, 6.07) is 1.83. The highest BCUT2D eigenvalue weighted by atomic mass is 16.2. The van der Waals surface area contributed by atoms with Gasteiger partial charge in [-0.3, -0.25) is 9.59 Å². The Bertz CT molecular complexity index is 586. The van der Waals surface area contributed by atoms with Gasteiger partial charge in [-0.15, -0.1) is 0 Å². The van der Waals surface area contributed by atoms with Crippen LogP contribution in [-0.2, 0) is 0 Å². The molecule has 5 heteroatoms. The van der Waals surface area contributed by atoms with Crippen molar-refractivity contribution in [2.24, 2.45) is 5.92 Å². The molecular weight excluding hydrogens is 290 g/mol. The molecule has 23 heavy (non-hydrogen) atoms. The van der Waals surface area contributed by atoms with Crippen molar-refractivity contribution in [3.05, 3.63) is 33.2 Å². The molecule has 2 heterocycles. The molecule has 0 aliphatic carbocycles. The van der Waals surface area contributed by atoms with Crippen molar-refractivity contribution >= 4 is 5.91 Å². The van der Waals surface area contributed by atoms with Crippen LogP contribution in [0.25, 0.3) is 0 Å². The number of H-pyrrole nitrogens is 1. The SMILES string of the molecule is CCCN1CCC(CCNC(=O)c2c(C)cc(C)[nH]c2=O)CC1. The van der Waals surface area contributed by atoms with Crippen molar-refractivity contribution in [3.8, 4) is 0 Å². The standard InChI is InChI=1S/C18H29N3O2/c1-4-9-21-10-6-15(7-11-21)5-8-19-17(22)16-13(2)12-14(3)20-18(16)23/h12,15H,4-11H2,1-3H3,(H,19,22)(H,20,23). The van der Waals surface area contributed by atoms with Gasteiger partial charge >= 0.3 is 0 Å². The molecule has 1 fully saturated rings. The van der Waals surface area contributed by atoms with E-state index >= 15 is 0 Å². The largest absolute Gasteiger partial charge is 0.352 e. The summed E-state index contributed by atoms with van der Waals surface area (Å²) < 4.78 is 0. The van der Waals surface area contributed by atoms with Gasteiger partial charge in [-0.1, -0.05) is 6.92 Å². The summed E-state index contributed by atoms with van der Waals surface area (Å²) in [4.78, 5) is 29.4. The van der Waals surface area contributed by atoms with Gasteiger partial charge in [0.25, 0.3) is 11.5 Å². The zero-order valence-corrected chi connectivity index (χ0v) is 14.6. The van der Waals surface area contributed by atoms with E-state index in [1.165, 1.54) is 38.9 Å². The molecule has 0 saturated carbocycles. The van der Waals surface area contributed by atoms with Gasteiger partial charge < -0.3 is 15.2 Å². The van der Waals surface area contributed by atoms with Crippen LogP contribution in [-0.4, -0.2) is 42.0 Å². The van der Waals surface area contributed by atoms with Gasteiger partial charge in [0.15, 0.2) is 0 Å². The van der Waals surface area contributed by atoms with E-state index in [0.717, 1.165) is 17.7 Å². The van der Waals surface area contributed by atoms with Gasteiger partial charge in [-0.2, -0.15) is 0 Å². The summed E-state index contributed by atoms with van der Waals surface area (Å²) in [5.41, 5.74) is 1.46. The van der Waals surface area contributed by atoms with Crippen LogP contribution in [0.4, 0.5) is 0 Å². The first kappa shape index (κ1) is 17.7. The minimum absolute atomic E-state index is 0.244. The predicted octanol–water partition coefficient (Wildman–Crippen LogP) is 2.23. The van der Waals surface area contributed by atoms with E-state index in [1.54, 1.807) is 6.92 Å². The Morgan fingerprint density at radius 2 is 2.04 bits per heavy atom. The van der Waals surface area contributed by atoms with Crippen molar-refractivity contribution in [2.45, 2.75) is 46.5 Å². The zero-order valence-electron chi connectivity index (χ0n) is 14.6. The summed E-state index contributed by atoms with van der Waals surface area (Å²) in [5, 5.41) is 2.91. The number of carbonyl (C=O) groups is 1. The van der Waals surface area contributed by atoms with Crippen LogP contribution in [0.5, 0.6) is 0 Å². The maximum atomic E-state index is 12.2. The first-order valence-corrected chi connectivity index (χ1v) is 8.72. The molecule has 5 nitrogen and oxygen atoms in total. The predicted molar refractivity (Wildman–Crippen MR) is 92.9 cm³/mol. The third-order valence-electron chi connectivity index (χ3n) is 4.68. The topological polar surface area (TPSA) is 65.2 Å². The first-order valence-electron chi connectivity index (χ1n) is 8.72. The van der Waals surface area contributed by atoms with E-state index < -0.39 is 0 Å². The molecule has 0 spiro atoms. The maximum absolute atomic E-state index is 12.2. The second-order valence-corrected chi connectivity index (χ2v) is 6.67. The molecule has 1 aromatic rings. The van der Waals surface area contributed by atoms with Crippen LogP contribution in [0.15, 0.2) is 10.9 Å². The van der Waals surface area contributed by atoms with Crippen LogP contribution in [0.1, 0.15) is 54.2 Å². The van der Waals surface area contributed by atoms with Crippen LogP contribution < -0.4 is 10.9 Å². The number of carbonyl (C=O) groups excluding carboxylic acids is 1. The Hall–Kier alpha value is -1.62. The number of rotatable bonds is 6. The van der Waals surface area contributed by atoms with Crippen molar-refractivity contribution in [1.82, 2.24) is 15.2 Å². The molecule has 1 aliphatic heterocycles. The fraction of sp³-hybridized carbons (Fsp3) is 0.667. The summed E-state index contributed by atoms with van der Waals surface area (Å²) in [6.07, 6.45) is 4.62. The second-order valence-electron chi connectivity index (χ2n) is 6.67.